The number of benzene rings is 1. The van der Waals surface area contributed by atoms with Crippen molar-refractivity contribution in [1.82, 2.24) is 4.98 Å². The Morgan fingerprint density at radius 1 is 1.12 bits per heavy atom. The third kappa shape index (κ3) is 3.38. The van der Waals surface area contributed by atoms with E-state index in [0.29, 0.717) is 5.90 Å². The topological polar surface area (TPSA) is 42.3 Å². The molecule has 4 nitrogen and oxygen atoms in total. The highest BCUT2D eigenvalue weighted by Gasteiger charge is 2.22. The Hall–Kier alpha value is -2.88. The molecule has 0 aliphatic carbocycles. The van der Waals surface area contributed by atoms with E-state index in [4.69, 9.17) is 0 Å². The molecule has 0 amide bonds. The first kappa shape index (κ1) is 16.0. The summed E-state index contributed by atoms with van der Waals surface area (Å²) in [6.07, 6.45) is 13.5. The molecule has 1 atom stereocenters. The molecule has 122 valence electrons. The highest BCUT2D eigenvalue weighted by molar-refractivity contribution is 5.58. The molecule has 3 rings (SSSR count). The summed E-state index contributed by atoms with van der Waals surface area (Å²) in [6.45, 7) is 1.96. The van der Waals surface area contributed by atoms with Crippen LogP contribution in [0, 0.1) is 11.8 Å². The number of fused-ring (bicyclic) bond motifs is 1. The Morgan fingerprint density at radius 2 is 1.83 bits per heavy atom. The van der Waals surface area contributed by atoms with Crippen LogP contribution < -0.4 is 14.5 Å². The minimum Gasteiger partial charge on any atom is -0.462 e. The number of rotatable bonds is 4. The van der Waals surface area contributed by atoms with E-state index in [0.717, 1.165) is 16.6 Å². The van der Waals surface area contributed by atoms with E-state index in [9.17, 15) is 5.11 Å². The number of allylic oxidation sites excluding steroid dienone is 2. The molecule has 0 fully saturated rings. The molecule has 2 aromatic rings. The van der Waals surface area contributed by atoms with Crippen molar-refractivity contribution in [3.8, 4) is 0 Å². The number of aliphatic hydroxyl groups excluding tert-OH is 1. The van der Waals surface area contributed by atoms with Crippen LogP contribution in [-0.2, 0) is 0 Å². The lowest BCUT2D eigenvalue weighted by Gasteiger charge is -2.11. The standard InChI is InChI=1S/C20H21N3O/c1-15-12-19-13-21-17(14-23(19)20(15)24)7-5-4-6-16-8-10-18(11-9-16)22(2)3/h4-15H,1-3H3/p+1/b6-4+,7-5+. The fourth-order valence-electron chi connectivity index (χ4n) is 2.61. The van der Waals surface area contributed by atoms with Crippen LogP contribution in [0.3, 0.4) is 0 Å². The zero-order chi connectivity index (χ0) is 17.1. The second kappa shape index (κ2) is 6.71. The van der Waals surface area contributed by atoms with E-state index < -0.39 is 0 Å². The van der Waals surface area contributed by atoms with Gasteiger partial charge in [0.25, 0.3) is 0 Å². The van der Waals surface area contributed by atoms with Gasteiger partial charge in [-0.2, -0.15) is 0 Å². The van der Waals surface area contributed by atoms with Crippen LogP contribution in [0.15, 0.2) is 48.8 Å². The van der Waals surface area contributed by atoms with Crippen LogP contribution in [0.2, 0.25) is 0 Å². The van der Waals surface area contributed by atoms with Crippen LogP contribution in [-0.4, -0.2) is 24.2 Å². The van der Waals surface area contributed by atoms with Gasteiger partial charge in [0.15, 0.2) is 0 Å². The lowest BCUT2D eigenvalue weighted by Crippen LogP contribution is -2.37. The number of anilines is 1. The fraction of sp³-hybridized carbons (Fsp3) is 0.200. The maximum absolute atomic E-state index is 10.0. The SMILES string of the molecule is CC1C=c2cnc(/C=C/C=C/c3ccc(N(C)C)cc3)c[n+]2=C1O. The lowest BCUT2D eigenvalue weighted by atomic mass is 10.2. The van der Waals surface area contributed by atoms with Crippen LogP contribution in [0.5, 0.6) is 0 Å². The largest absolute Gasteiger partial charge is 0.462 e. The van der Waals surface area contributed by atoms with Gasteiger partial charge in [-0.1, -0.05) is 30.4 Å². The van der Waals surface area contributed by atoms with E-state index in [2.05, 4.69) is 40.2 Å². The number of aromatic nitrogens is 2. The Morgan fingerprint density at radius 3 is 2.54 bits per heavy atom. The van der Waals surface area contributed by atoms with Crippen LogP contribution in [0.1, 0.15) is 18.2 Å². The first-order valence-electron chi connectivity index (χ1n) is 7.99. The first-order valence-corrected chi connectivity index (χ1v) is 7.99. The Balaban J connectivity index is 1.72. The van der Waals surface area contributed by atoms with E-state index >= 15 is 0 Å². The molecule has 0 radical (unpaired) electrons. The van der Waals surface area contributed by atoms with Gasteiger partial charge < -0.3 is 10.0 Å². The molecule has 1 aliphatic rings. The summed E-state index contributed by atoms with van der Waals surface area (Å²) >= 11 is 0. The molecule has 1 aromatic carbocycles. The monoisotopic (exact) mass is 320 g/mol. The van der Waals surface area contributed by atoms with E-state index in [1.807, 2.05) is 51.5 Å². The minimum atomic E-state index is 0.0380. The van der Waals surface area contributed by atoms with Crippen molar-refractivity contribution in [1.29, 1.82) is 0 Å². The molecule has 1 aromatic heterocycles. The van der Waals surface area contributed by atoms with Crippen molar-refractivity contribution in [2.75, 3.05) is 19.0 Å². The summed E-state index contributed by atoms with van der Waals surface area (Å²) in [6, 6.07) is 8.37. The summed E-state index contributed by atoms with van der Waals surface area (Å²) < 4.78 is 1.78. The third-order valence-electron chi connectivity index (χ3n) is 4.04. The zero-order valence-corrected chi connectivity index (χ0v) is 14.2. The number of hydrogen-bond donors (Lipinski definition) is 1. The van der Waals surface area contributed by atoms with Crippen molar-refractivity contribution >= 4 is 23.9 Å². The first-order chi connectivity index (χ1) is 11.5. The fourth-order valence-corrected chi connectivity index (χ4v) is 2.61. The van der Waals surface area contributed by atoms with Gasteiger partial charge in [-0.3, -0.25) is 0 Å². The molecular formula is C20H22N3O+. The Kier molecular flexibility index (Phi) is 4.47. The van der Waals surface area contributed by atoms with Gasteiger partial charge in [-0.15, -0.1) is 4.24 Å². The van der Waals surface area contributed by atoms with Gasteiger partial charge in [0, 0.05) is 25.9 Å². The molecule has 1 N–H and O–H groups in total. The highest BCUT2D eigenvalue weighted by atomic mass is 16.3. The summed E-state index contributed by atoms with van der Waals surface area (Å²) in [7, 11) is 4.06. The molecule has 0 saturated carbocycles. The quantitative estimate of drug-likeness (QED) is 0.695. The molecule has 4 heteroatoms. The van der Waals surface area contributed by atoms with Crippen molar-refractivity contribution in [2.45, 2.75) is 6.92 Å². The zero-order valence-electron chi connectivity index (χ0n) is 14.2. The molecule has 0 bridgehead atoms. The van der Waals surface area contributed by atoms with Gasteiger partial charge >= 0.3 is 5.90 Å². The van der Waals surface area contributed by atoms with Crippen molar-refractivity contribution < 1.29 is 9.35 Å². The number of nitrogens with zero attached hydrogens (tertiary/aromatic N) is 3. The lowest BCUT2D eigenvalue weighted by molar-refractivity contribution is -0.556. The molecule has 0 saturated heterocycles. The van der Waals surface area contributed by atoms with Crippen LogP contribution in [0.25, 0.3) is 18.2 Å². The average molecular weight is 320 g/mol. The van der Waals surface area contributed by atoms with Crippen LogP contribution in [0.4, 0.5) is 5.69 Å². The van der Waals surface area contributed by atoms with E-state index in [-0.39, 0.29) is 5.92 Å². The molecule has 24 heavy (non-hydrogen) atoms. The molecule has 0 spiro atoms. The van der Waals surface area contributed by atoms with Gasteiger partial charge in [0.1, 0.15) is 11.6 Å². The van der Waals surface area contributed by atoms with Crippen molar-refractivity contribution in [3.63, 3.8) is 0 Å². The van der Waals surface area contributed by atoms with E-state index in [1.165, 1.54) is 5.69 Å². The summed E-state index contributed by atoms with van der Waals surface area (Å²) in [5.74, 6) is 0.384. The maximum atomic E-state index is 10.0. The summed E-state index contributed by atoms with van der Waals surface area (Å²) in [5.41, 5.74) is 3.14. The second-order valence-corrected chi connectivity index (χ2v) is 6.12. The minimum absolute atomic E-state index is 0.0380. The third-order valence-corrected chi connectivity index (χ3v) is 4.04. The van der Waals surface area contributed by atoms with Crippen molar-refractivity contribution in [3.05, 3.63) is 71.3 Å². The highest BCUT2D eigenvalue weighted by Crippen LogP contribution is 2.13. The Bertz CT molecular complexity index is 909. The van der Waals surface area contributed by atoms with E-state index in [1.54, 1.807) is 10.4 Å². The predicted molar refractivity (Wildman–Crippen MR) is 97.8 cm³/mol. The Labute approximate surface area is 142 Å². The molecule has 1 aliphatic heterocycles. The van der Waals surface area contributed by atoms with Crippen LogP contribution >= 0.6 is 0 Å². The summed E-state index contributed by atoms with van der Waals surface area (Å²) in [4.78, 5) is 6.47. The molecular weight excluding hydrogens is 298 g/mol. The summed E-state index contributed by atoms with van der Waals surface area (Å²) in [5, 5.41) is 11.0. The number of aliphatic hydroxyl groups is 1. The number of hydrogen-bond acceptors (Lipinski definition) is 3. The molecule has 1 unspecified atom stereocenters. The van der Waals surface area contributed by atoms with Gasteiger partial charge in [0.2, 0.25) is 11.5 Å². The average Bonchev–Trinajstić information content (AvgIpc) is 2.86. The molecule has 2 heterocycles. The van der Waals surface area contributed by atoms with Gasteiger partial charge in [-0.05, 0) is 30.7 Å². The maximum Gasteiger partial charge on any atom is 0.352 e. The predicted octanol–water partition coefficient (Wildman–Crippen LogP) is 2.49. The second-order valence-electron chi connectivity index (χ2n) is 6.12. The smallest absolute Gasteiger partial charge is 0.352 e. The van der Waals surface area contributed by atoms with Crippen molar-refractivity contribution in [2.24, 2.45) is 5.92 Å². The van der Waals surface area contributed by atoms with Gasteiger partial charge in [-0.25, -0.2) is 4.98 Å². The van der Waals surface area contributed by atoms with Gasteiger partial charge in [0.05, 0.1) is 6.20 Å². The normalized spacial score (nSPS) is 16.6.